The van der Waals surface area contributed by atoms with Gasteiger partial charge in [-0.1, -0.05) is 6.42 Å². The number of rotatable bonds is 4. The van der Waals surface area contributed by atoms with E-state index in [4.69, 9.17) is 4.74 Å². The number of pyridine rings is 1. The van der Waals surface area contributed by atoms with Gasteiger partial charge >= 0.3 is 0 Å². The van der Waals surface area contributed by atoms with Gasteiger partial charge in [0.15, 0.2) is 0 Å². The maximum absolute atomic E-state index is 9.18. The third kappa shape index (κ3) is 3.17. The molecular weight excluding hydrogens is 216 g/mol. The minimum atomic E-state index is -0.0241. The topological polar surface area (TPSA) is 45.6 Å². The second-order valence-corrected chi connectivity index (χ2v) is 4.57. The van der Waals surface area contributed by atoms with E-state index in [1.165, 1.54) is 19.3 Å². The van der Waals surface area contributed by atoms with E-state index in [0.29, 0.717) is 18.5 Å². The molecule has 1 aliphatic heterocycles. The summed E-state index contributed by atoms with van der Waals surface area (Å²) in [6.07, 6.45) is 5.42. The van der Waals surface area contributed by atoms with Crippen molar-refractivity contribution < 1.29 is 9.84 Å². The van der Waals surface area contributed by atoms with E-state index in [0.717, 1.165) is 12.1 Å². The fourth-order valence-electron chi connectivity index (χ4n) is 2.20. The average molecular weight is 236 g/mol. The molecule has 4 nitrogen and oxygen atoms in total. The molecule has 0 aliphatic carbocycles. The lowest BCUT2D eigenvalue weighted by molar-refractivity contribution is 0.120. The second kappa shape index (κ2) is 5.98. The largest absolute Gasteiger partial charge is 0.476 e. The summed E-state index contributed by atoms with van der Waals surface area (Å²) in [5.74, 6) is 0.564. The summed E-state index contributed by atoms with van der Waals surface area (Å²) in [5.41, 5.74) is 0.756. The van der Waals surface area contributed by atoms with Crippen LogP contribution in [-0.2, 0) is 6.61 Å². The zero-order chi connectivity index (χ0) is 12.1. The fourth-order valence-corrected chi connectivity index (χ4v) is 2.20. The van der Waals surface area contributed by atoms with Gasteiger partial charge in [-0.15, -0.1) is 0 Å². The molecule has 0 spiro atoms. The van der Waals surface area contributed by atoms with Gasteiger partial charge in [0, 0.05) is 17.8 Å². The van der Waals surface area contributed by atoms with Crippen molar-refractivity contribution >= 4 is 0 Å². The fraction of sp³-hybridized carbons (Fsp3) is 0.615. The number of aromatic nitrogens is 1. The summed E-state index contributed by atoms with van der Waals surface area (Å²) in [6.45, 7) is 1.77. The van der Waals surface area contributed by atoms with Crippen molar-refractivity contribution in [1.29, 1.82) is 0 Å². The first-order valence-corrected chi connectivity index (χ1v) is 6.19. The molecule has 0 saturated carbocycles. The molecule has 1 saturated heterocycles. The Morgan fingerprint density at radius 2 is 2.41 bits per heavy atom. The molecule has 2 heterocycles. The van der Waals surface area contributed by atoms with E-state index in [-0.39, 0.29) is 6.61 Å². The minimum absolute atomic E-state index is 0.0241. The minimum Gasteiger partial charge on any atom is -0.476 e. The van der Waals surface area contributed by atoms with E-state index in [2.05, 4.69) is 16.9 Å². The predicted molar refractivity (Wildman–Crippen MR) is 65.9 cm³/mol. The van der Waals surface area contributed by atoms with Crippen LogP contribution in [0.25, 0.3) is 0 Å². The Morgan fingerprint density at radius 1 is 1.53 bits per heavy atom. The third-order valence-electron chi connectivity index (χ3n) is 3.35. The molecular formula is C13H20N2O2. The molecule has 0 radical (unpaired) electrons. The van der Waals surface area contributed by atoms with Crippen LogP contribution in [0.5, 0.6) is 5.88 Å². The molecule has 1 atom stereocenters. The molecule has 1 N–H and O–H groups in total. The van der Waals surface area contributed by atoms with Gasteiger partial charge in [0.1, 0.15) is 6.61 Å². The number of likely N-dealkylation sites (N-methyl/N-ethyl adjacent to an activating group) is 1. The van der Waals surface area contributed by atoms with E-state index < -0.39 is 0 Å². The molecule has 2 rings (SSSR count). The highest BCUT2D eigenvalue weighted by atomic mass is 16.5. The summed E-state index contributed by atoms with van der Waals surface area (Å²) in [6, 6.07) is 4.12. The van der Waals surface area contributed by atoms with E-state index in [1.54, 1.807) is 6.20 Å². The summed E-state index contributed by atoms with van der Waals surface area (Å²) < 4.78 is 5.73. The molecule has 94 valence electrons. The van der Waals surface area contributed by atoms with Crippen LogP contribution in [0.15, 0.2) is 18.3 Å². The summed E-state index contributed by atoms with van der Waals surface area (Å²) in [7, 11) is 2.14. The molecule has 0 bridgehead atoms. The number of likely N-dealkylation sites (tertiary alicyclic amines) is 1. The molecule has 1 unspecified atom stereocenters. The third-order valence-corrected chi connectivity index (χ3v) is 3.35. The van der Waals surface area contributed by atoms with Gasteiger partial charge in [0.2, 0.25) is 5.88 Å². The summed E-state index contributed by atoms with van der Waals surface area (Å²) >= 11 is 0. The number of aliphatic hydroxyl groups is 1. The standard InChI is InChI=1S/C13H20N2O2/c1-15-8-3-2-6-12(15)10-17-13-11(9-16)5-4-7-14-13/h4-5,7,12,16H,2-3,6,8-10H2,1H3. The van der Waals surface area contributed by atoms with Crippen LogP contribution >= 0.6 is 0 Å². The quantitative estimate of drug-likeness (QED) is 0.859. The summed E-state index contributed by atoms with van der Waals surface area (Å²) in [5, 5.41) is 9.18. The Hall–Kier alpha value is -1.13. The Labute approximate surface area is 102 Å². The van der Waals surface area contributed by atoms with Crippen LogP contribution in [0.4, 0.5) is 0 Å². The van der Waals surface area contributed by atoms with E-state index in [9.17, 15) is 5.11 Å². The van der Waals surface area contributed by atoms with Gasteiger partial charge < -0.3 is 14.7 Å². The van der Waals surface area contributed by atoms with Crippen molar-refractivity contribution in [1.82, 2.24) is 9.88 Å². The smallest absolute Gasteiger partial charge is 0.218 e. The Kier molecular flexibility index (Phi) is 4.34. The highest BCUT2D eigenvalue weighted by Crippen LogP contribution is 2.18. The Morgan fingerprint density at radius 3 is 3.18 bits per heavy atom. The maximum atomic E-state index is 9.18. The number of hydrogen-bond donors (Lipinski definition) is 1. The SMILES string of the molecule is CN1CCCCC1COc1ncccc1CO. The highest BCUT2D eigenvalue weighted by Gasteiger charge is 2.19. The number of ether oxygens (including phenoxy) is 1. The van der Waals surface area contributed by atoms with E-state index in [1.807, 2.05) is 12.1 Å². The van der Waals surface area contributed by atoms with Gasteiger partial charge in [-0.2, -0.15) is 0 Å². The molecule has 1 aliphatic rings. The first-order valence-electron chi connectivity index (χ1n) is 6.19. The number of aliphatic hydroxyl groups excluding tert-OH is 1. The van der Waals surface area contributed by atoms with Gasteiger partial charge in [0.25, 0.3) is 0 Å². The highest BCUT2D eigenvalue weighted by molar-refractivity contribution is 5.24. The number of hydrogen-bond acceptors (Lipinski definition) is 4. The van der Waals surface area contributed by atoms with Crippen LogP contribution in [0.1, 0.15) is 24.8 Å². The molecule has 1 fully saturated rings. The second-order valence-electron chi connectivity index (χ2n) is 4.57. The number of piperidine rings is 1. The molecule has 0 aromatic carbocycles. The van der Waals surface area contributed by atoms with Crippen LogP contribution < -0.4 is 4.74 Å². The average Bonchev–Trinajstić information content (AvgIpc) is 2.38. The van der Waals surface area contributed by atoms with Gasteiger partial charge in [-0.25, -0.2) is 4.98 Å². The van der Waals surface area contributed by atoms with E-state index >= 15 is 0 Å². The molecule has 17 heavy (non-hydrogen) atoms. The van der Waals surface area contributed by atoms with Crippen LogP contribution in [0.3, 0.4) is 0 Å². The monoisotopic (exact) mass is 236 g/mol. The Balaban J connectivity index is 1.92. The lowest BCUT2D eigenvalue weighted by Crippen LogP contribution is -2.40. The summed E-state index contributed by atoms with van der Waals surface area (Å²) in [4.78, 5) is 6.50. The van der Waals surface area contributed by atoms with Gasteiger partial charge in [0.05, 0.1) is 6.61 Å². The Bertz CT molecular complexity index is 357. The molecule has 1 aromatic heterocycles. The van der Waals surface area contributed by atoms with Crippen molar-refractivity contribution in [3.63, 3.8) is 0 Å². The van der Waals surface area contributed by atoms with Crippen molar-refractivity contribution in [3.05, 3.63) is 23.9 Å². The van der Waals surface area contributed by atoms with Gasteiger partial charge in [-0.3, -0.25) is 0 Å². The van der Waals surface area contributed by atoms with Crippen LogP contribution in [0, 0.1) is 0 Å². The van der Waals surface area contributed by atoms with Crippen molar-refractivity contribution in [2.45, 2.75) is 31.9 Å². The first kappa shape index (κ1) is 12.3. The normalized spacial score (nSPS) is 21.4. The number of nitrogens with zero attached hydrogens (tertiary/aromatic N) is 2. The lowest BCUT2D eigenvalue weighted by Gasteiger charge is -2.32. The molecule has 1 aromatic rings. The maximum Gasteiger partial charge on any atom is 0.218 e. The zero-order valence-corrected chi connectivity index (χ0v) is 10.3. The predicted octanol–water partition coefficient (Wildman–Crippen LogP) is 1.44. The van der Waals surface area contributed by atoms with Gasteiger partial charge in [-0.05, 0) is 38.6 Å². The van der Waals surface area contributed by atoms with Crippen molar-refractivity contribution in [3.8, 4) is 5.88 Å². The van der Waals surface area contributed by atoms with Crippen molar-refractivity contribution in [2.75, 3.05) is 20.2 Å². The first-order chi connectivity index (χ1) is 8.31. The van der Waals surface area contributed by atoms with Crippen molar-refractivity contribution in [2.24, 2.45) is 0 Å². The van der Waals surface area contributed by atoms with Crippen LogP contribution in [-0.4, -0.2) is 41.2 Å². The molecule has 0 amide bonds. The molecule has 4 heteroatoms. The zero-order valence-electron chi connectivity index (χ0n) is 10.3. The van der Waals surface area contributed by atoms with Crippen LogP contribution in [0.2, 0.25) is 0 Å². The lowest BCUT2D eigenvalue weighted by atomic mass is 10.0.